The van der Waals surface area contributed by atoms with Crippen molar-refractivity contribution in [2.24, 2.45) is 0 Å². The number of alkyl halides is 3. The highest BCUT2D eigenvalue weighted by Gasteiger charge is 2.35. The van der Waals surface area contributed by atoms with Crippen molar-refractivity contribution in [2.75, 3.05) is 0 Å². The van der Waals surface area contributed by atoms with Crippen LogP contribution in [-0.2, 0) is 12.7 Å². The van der Waals surface area contributed by atoms with E-state index in [0.717, 1.165) is 17.3 Å². The van der Waals surface area contributed by atoms with Gasteiger partial charge in [0.1, 0.15) is 0 Å². The van der Waals surface area contributed by atoms with Gasteiger partial charge in [-0.15, -0.1) is 0 Å². The van der Waals surface area contributed by atoms with Gasteiger partial charge in [-0.2, -0.15) is 18.3 Å². The summed E-state index contributed by atoms with van der Waals surface area (Å²) in [7, 11) is 0. The Morgan fingerprint density at radius 3 is 2.43 bits per heavy atom. The minimum atomic E-state index is -4.47. The van der Waals surface area contributed by atoms with Gasteiger partial charge in [-0.25, -0.2) is 0 Å². The number of hydrogen-bond acceptors (Lipinski definition) is 2. The minimum absolute atomic E-state index is 0.271. The predicted octanol–water partition coefficient (Wildman–Crippen LogP) is 4.32. The first-order chi connectivity index (χ1) is 10.9. The molecule has 0 amide bonds. The van der Waals surface area contributed by atoms with Crippen LogP contribution in [0.15, 0.2) is 54.7 Å². The maximum Gasteiger partial charge on any atom is 0.435 e. The molecule has 0 aliphatic rings. The van der Waals surface area contributed by atoms with Gasteiger partial charge in [-0.3, -0.25) is 9.67 Å². The van der Waals surface area contributed by atoms with Crippen molar-refractivity contribution in [1.29, 1.82) is 0 Å². The summed E-state index contributed by atoms with van der Waals surface area (Å²) in [6.07, 6.45) is -2.89. The quantitative estimate of drug-likeness (QED) is 0.720. The summed E-state index contributed by atoms with van der Waals surface area (Å²) >= 11 is 0. The molecule has 0 aliphatic carbocycles. The SMILES string of the molecule is Cc1cc(-c2cc(C(F)(F)F)nn2Cc2ccccc2)ccn1. The van der Waals surface area contributed by atoms with Crippen LogP contribution in [0.5, 0.6) is 0 Å². The van der Waals surface area contributed by atoms with Crippen molar-refractivity contribution in [3.05, 3.63) is 71.7 Å². The molecular weight excluding hydrogens is 303 g/mol. The van der Waals surface area contributed by atoms with Gasteiger partial charge >= 0.3 is 6.18 Å². The van der Waals surface area contributed by atoms with E-state index >= 15 is 0 Å². The van der Waals surface area contributed by atoms with Crippen molar-refractivity contribution in [1.82, 2.24) is 14.8 Å². The Morgan fingerprint density at radius 1 is 1.04 bits per heavy atom. The zero-order valence-electron chi connectivity index (χ0n) is 12.4. The molecule has 0 aliphatic heterocycles. The molecule has 3 nitrogen and oxygen atoms in total. The molecule has 23 heavy (non-hydrogen) atoms. The fourth-order valence-electron chi connectivity index (χ4n) is 2.37. The van der Waals surface area contributed by atoms with Crippen molar-refractivity contribution in [3.63, 3.8) is 0 Å². The van der Waals surface area contributed by atoms with Crippen LogP contribution in [0.1, 0.15) is 17.0 Å². The number of aryl methyl sites for hydroxylation is 1. The molecule has 0 bridgehead atoms. The van der Waals surface area contributed by atoms with Crippen LogP contribution in [-0.4, -0.2) is 14.8 Å². The van der Waals surface area contributed by atoms with E-state index in [1.165, 1.54) is 4.68 Å². The molecule has 0 saturated heterocycles. The van der Waals surface area contributed by atoms with Crippen LogP contribution in [0.4, 0.5) is 13.2 Å². The monoisotopic (exact) mass is 317 g/mol. The third-order valence-electron chi connectivity index (χ3n) is 3.44. The Bertz CT molecular complexity index is 807. The van der Waals surface area contributed by atoms with E-state index in [9.17, 15) is 13.2 Å². The van der Waals surface area contributed by atoms with Gasteiger partial charge < -0.3 is 0 Å². The zero-order valence-corrected chi connectivity index (χ0v) is 12.4. The zero-order chi connectivity index (χ0) is 16.4. The van der Waals surface area contributed by atoms with Crippen LogP contribution >= 0.6 is 0 Å². The highest BCUT2D eigenvalue weighted by atomic mass is 19.4. The lowest BCUT2D eigenvalue weighted by Crippen LogP contribution is -2.09. The van der Waals surface area contributed by atoms with Gasteiger partial charge in [0, 0.05) is 17.5 Å². The van der Waals surface area contributed by atoms with Crippen LogP contribution in [0.2, 0.25) is 0 Å². The van der Waals surface area contributed by atoms with Gasteiger partial charge in [0.15, 0.2) is 5.69 Å². The second kappa shape index (κ2) is 5.87. The fraction of sp³-hybridized carbons (Fsp3) is 0.176. The molecule has 3 rings (SSSR count). The normalized spacial score (nSPS) is 11.7. The summed E-state index contributed by atoms with van der Waals surface area (Å²) in [4.78, 5) is 4.08. The van der Waals surface area contributed by atoms with Gasteiger partial charge in [0.2, 0.25) is 0 Å². The highest BCUT2D eigenvalue weighted by molar-refractivity contribution is 5.60. The number of aromatic nitrogens is 3. The molecule has 0 radical (unpaired) electrons. The lowest BCUT2D eigenvalue weighted by atomic mass is 10.1. The molecular formula is C17H14F3N3. The number of pyridine rings is 1. The molecule has 2 heterocycles. The van der Waals surface area contributed by atoms with Crippen molar-refractivity contribution >= 4 is 0 Å². The lowest BCUT2D eigenvalue weighted by molar-refractivity contribution is -0.141. The summed E-state index contributed by atoms with van der Waals surface area (Å²) in [6.45, 7) is 2.07. The van der Waals surface area contributed by atoms with Crippen LogP contribution in [0.3, 0.4) is 0 Å². The van der Waals surface area contributed by atoms with Gasteiger partial charge in [-0.1, -0.05) is 30.3 Å². The fourth-order valence-corrected chi connectivity index (χ4v) is 2.37. The topological polar surface area (TPSA) is 30.7 Å². The molecule has 0 fully saturated rings. The summed E-state index contributed by atoms with van der Waals surface area (Å²) in [5.74, 6) is 0. The molecule has 2 aromatic heterocycles. The summed E-state index contributed by atoms with van der Waals surface area (Å²) in [5.41, 5.74) is 1.82. The highest BCUT2D eigenvalue weighted by Crippen LogP contribution is 2.32. The molecule has 0 atom stereocenters. The molecule has 0 saturated carbocycles. The Labute approximate surface area is 131 Å². The first kappa shape index (κ1) is 15.3. The first-order valence-electron chi connectivity index (χ1n) is 7.05. The van der Waals surface area contributed by atoms with E-state index in [2.05, 4.69) is 10.1 Å². The van der Waals surface area contributed by atoms with Crippen molar-refractivity contribution < 1.29 is 13.2 Å². The number of hydrogen-bond donors (Lipinski definition) is 0. The molecule has 6 heteroatoms. The van der Waals surface area contributed by atoms with Crippen LogP contribution in [0.25, 0.3) is 11.3 Å². The third kappa shape index (κ3) is 3.41. The Balaban J connectivity index is 2.08. The summed E-state index contributed by atoms with van der Waals surface area (Å²) in [6, 6.07) is 13.8. The maximum atomic E-state index is 13.0. The standard InChI is InChI=1S/C17H14F3N3/c1-12-9-14(7-8-21-12)15-10-16(17(18,19)20)22-23(15)11-13-5-3-2-4-6-13/h2-10H,11H2,1H3. The smallest absolute Gasteiger partial charge is 0.262 e. The van der Waals surface area contributed by atoms with E-state index in [1.54, 1.807) is 25.3 Å². The second-order valence-electron chi connectivity index (χ2n) is 5.24. The number of benzene rings is 1. The van der Waals surface area contributed by atoms with Crippen LogP contribution < -0.4 is 0 Å². The van der Waals surface area contributed by atoms with Crippen LogP contribution in [0, 0.1) is 6.92 Å². The first-order valence-corrected chi connectivity index (χ1v) is 7.05. The Kier molecular flexibility index (Phi) is 3.90. The van der Waals surface area contributed by atoms with Crippen molar-refractivity contribution in [3.8, 4) is 11.3 Å². The number of rotatable bonds is 3. The van der Waals surface area contributed by atoms with Gasteiger partial charge in [0.05, 0.1) is 12.2 Å². The third-order valence-corrected chi connectivity index (χ3v) is 3.44. The number of nitrogens with zero attached hydrogens (tertiary/aromatic N) is 3. The van der Waals surface area contributed by atoms with E-state index in [1.807, 2.05) is 30.3 Å². The summed E-state index contributed by atoms with van der Waals surface area (Å²) < 4.78 is 40.5. The van der Waals surface area contributed by atoms with E-state index in [4.69, 9.17) is 0 Å². The minimum Gasteiger partial charge on any atom is -0.262 e. The Morgan fingerprint density at radius 2 is 1.78 bits per heavy atom. The van der Waals surface area contributed by atoms with Gasteiger partial charge in [0.25, 0.3) is 0 Å². The predicted molar refractivity (Wildman–Crippen MR) is 80.7 cm³/mol. The Hall–Kier alpha value is -2.63. The lowest BCUT2D eigenvalue weighted by Gasteiger charge is -2.08. The second-order valence-corrected chi connectivity index (χ2v) is 5.24. The van der Waals surface area contributed by atoms with E-state index in [-0.39, 0.29) is 6.54 Å². The maximum absolute atomic E-state index is 13.0. The van der Waals surface area contributed by atoms with E-state index in [0.29, 0.717) is 11.3 Å². The van der Waals surface area contributed by atoms with Gasteiger partial charge in [-0.05, 0) is 30.7 Å². The number of halogens is 3. The van der Waals surface area contributed by atoms with Crippen molar-refractivity contribution in [2.45, 2.75) is 19.6 Å². The molecule has 0 unspecified atom stereocenters. The molecule has 118 valence electrons. The molecule has 0 spiro atoms. The molecule has 1 aromatic carbocycles. The summed E-state index contributed by atoms with van der Waals surface area (Å²) in [5, 5.41) is 3.75. The molecule has 0 N–H and O–H groups in total. The average Bonchev–Trinajstić information content (AvgIpc) is 2.92. The van der Waals surface area contributed by atoms with E-state index < -0.39 is 11.9 Å². The molecule has 3 aromatic rings. The average molecular weight is 317 g/mol. The largest absolute Gasteiger partial charge is 0.435 e.